The van der Waals surface area contributed by atoms with Crippen molar-refractivity contribution in [2.24, 2.45) is 5.92 Å². The number of hydrogen-bond acceptors (Lipinski definition) is 5. The number of imide groups is 1. The summed E-state index contributed by atoms with van der Waals surface area (Å²) in [6, 6.07) is 6.77. The van der Waals surface area contributed by atoms with Crippen molar-refractivity contribution in [3.05, 3.63) is 41.1 Å². The van der Waals surface area contributed by atoms with Crippen LogP contribution < -0.4 is 10.6 Å². The van der Waals surface area contributed by atoms with Gasteiger partial charge in [0, 0.05) is 18.1 Å². The van der Waals surface area contributed by atoms with Gasteiger partial charge in [-0.15, -0.1) is 0 Å². The SMILES string of the molecule is CNC(=O)NC(=O)COC(=O)c1c2c(nc3ccccc13)CCC(C)C2. The molecule has 0 aliphatic heterocycles. The van der Waals surface area contributed by atoms with Crippen molar-refractivity contribution >= 4 is 28.8 Å². The van der Waals surface area contributed by atoms with E-state index in [9.17, 15) is 14.4 Å². The molecule has 2 N–H and O–H groups in total. The summed E-state index contributed by atoms with van der Waals surface area (Å²) in [6.45, 7) is 1.62. The zero-order chi connectivity index (χ0) is 18.7. The van der Waals surface area contributed by atoms with Crippen LogP contribution in [0.3, 0.4) is 0 Å². The number of nitrogens with zero attached hydrogens (tertiary/aromatic N) is 1. The predicted molar refractivity (Wildman–Crippen MR) is 95.8 cm³/mol. The number of ether oxygens (including phenoxy) is 1. The highest BCUT2D eigenvalue weighted by Crippen LogP contribution is 2.31. The molecule has 2 aromatic rings. The molecule has 0 radical (unpaired) electrons. The van der Waals surface area contributed by atoms with E-state index in [0.29, 0.717) is 11.5 Å². The number of para-hydroxylation sites is 1. The minimum absolute atomic E-state index is 0.452. The van der Waals surface area contributed by atoms with Gasteiger partial charge in [-0.2, -0.15) is 0 Å². The van der Waals surface area contributed by atoms with Gasteiger partial charge in [-0.25, -0.2) is 9.59 Å². The van der Waals surface area contributed by atoms with Gasteiger partial charge >= 0.3 is 12.0 Å². The van der Waals surface area contributed by atoms with Crippen LogP contribution in [0.5, 0.6) is 0 Å². The average Bonchev–Trinajstić information content (AvgIpc) is 2.64. The smallest absolute Gasteiger partial charge is 0.339 e. The van der Waals surface area contributed by atoms with Crippen molar-refractivity contribution in [1.29, 1.82) is 0 Å². The summed E-state index contributed by atoms with van der Waals surface area (Å²) in [4.78, 5) is 40.3. The minimum Gasteiger partial charge on any atom is -0.452 e. The zero-order valence-electron chi connectivity index (χ0n) is 14.8. The van der Waals surface area contributed by atoms with E-state index in [1.165, 1.54) is 7.05 Å². The molecule has 1 unspecified atom stereocenters. The lowest BCUT2D eigenvalue weighted by Gasteiger charge is -2.24. The molecule has 26 heavy (non-hydrogen) atoms. The molecule has 7 nitrogen and oxygen atoms in total. The summed E-state index contributed by atoms with van der Waals surface area (Å²) in [6.07, 6.45) is 2.60. The second-order valence-electron chi connectivity index (χ2n) is 6.48. The Morgan fingerprint density at radius 3 is 2.81 bits per heavy atom. The van der Waals surface area contributed by atoms with Crippen LogP contribution in [0.15, 0.2) is 24.3 Å². The summed E-state index contributed by atoms with van der Waals surface area (Å²) in [5.41, 5.74) is 3.04. The molecule has 0 spiro atoms. The molecule has 3 amide bonds. The first-order valence-corrected chi connectivity index (χ1v) is 8.58. The van der Waals surface area contributed by atoms with E-state index in [1.807, 2.05) is 24.3 Å². The number of benzene rings is 1. The van der Waals surface area contributed by atoms with Crippen molar-refractivity contribution in [2.75, 3.05) is 13.7 Å². The first kappa shape index (κ1) is 17.8. The van der Waals surface area contributed by atoms with Crippen LogP contribution in [-0.2, 0) is 22.4 Å². The normalized spacial score (nSPS) is 15.8. The molecule has 1 aliphatic carbocycles. The molecule has 0 fully saturated rings. The third-order valence-electron chi connectivity index (χ3n) is 4.52. The number of pyridine rings is 1. The van der Waals surface area contributed by atoms with E-state index in [0.717, 1.165) is 41.4 Å². The van der Waals surface area contributed by atoms with Crippen LogP contribution in [0.4, 0.5) is 4.79 Å². The van der Waals surface area contributed by atoms with Gasteiger partial charge in [0.25, 0.3) is 5.91 Å². The molecule has 0 saturated carbocycles. The third-order valence-corrected chi connectivity index (χ3v) is 4.52. The number of aryl methyl sites for hydroxylation is 1. The van der Waals surface area contributed by atoms with Crippen molar-refractivity contribution in [3.8, 4) is 0 Å². The lowest BCUT2D eigenvalue weighted by Crippen LogP contribution is -2.39. The van der Waals surface area contributed by atoms with Gasteiger partial charge in [-0.3, -0.25) is 15.1 Å². The van der Waals surface area contributed by atoms with E-state index in [1.54, 1.807) is 0 Å². The molecule has 136 valence electrons. The first-order valence-electron chi connectivity index (χ1n) is 8.58. The van der Waals surface area contributed by atoms with E-state index in [4.69, 9.17) is 9.72 Å². The van der Waals surface area contributed by atoms with Crippen molar-refractivity contribution < 1.29 is 19.1 Å². The van der Waals surface area contributed by atoms with Gasteiger partial charge < -0.3 is 10.1 Å². The molecule has 0 bridgehead atoms. The van der Waals surface area contributed by atoms with Crippen molar-refractivity contribution in [2.45, 2.75) is 26.2 Å². The largest absolute Gasteiger partial charge is 0.452 e. The number of amides is 3. The quantitative estimate of drug-likeness (QED) is 0.821. The Balaban J connectivity index is 1.90. The van der Waals surface area contributed by atoms with Crippen molar-refractivity contribution in [1.82, 2.24) is 15.6 Å². The van der Waals surface area contributed by atoms with Gasteiger partial charge in [0.2, 0.25) is 0 Å². The molecule has 1 aliphatic rings. The van der Waals surface area contributed by atoms with Crippen LogP contribution in [0.25, 0.3) is 10.9 Å². The third kappa shape index (κ3) is 3.66. The van der Waals surface area contributed by atoms with E-state index in [2.05, 4.69) is 17.6 Å². The topological polar surface area (TPSA) is 97.4 Å². The predicted octanol–water partition coefficient (Wildman–Crippen LogP) is 1.97. The van der Waals surface area contributed by atoms with E-state index < -0.39 is 24.5 Å². The standard InChI is InChI=1S/C19H21N3O4/c1-11-7-8-15-13(9-11)17(12-5-3-4-6-14(12)21-15)18(24)26-10-16(23)22-19(25)20-2/h3-6,11H,7-10H2,1-2H3,(H2,20,22,23,25). The highest BCUT2D eigenvalue weighted by molar-refractivity contribution is 6.06. The van der Waals surface area contributed by atoms with Crippen LogP contribution in [-0.4, -0.2) is 36.5 Å². The van der Waals surface area contributed by atoms with Gasteiger partial charge in [0.1, 0.15) is 0 Å². The fourth-order valence-electron chi connectivity index (χ4n) is 3.22. The number of rotatable bonds is 3. The number of urea groups is 1. The van der Waals surface area contributed by atoms with E-state index in [-0.39, 0.29) is 0 Å². The number of hydrogen-bond donors (Lipinski definition) is 2. The minimum atomic E-state index is -0.682. The molecule has 1 aromatic carbocycles. The number of carbonyl (C=O) groups is 3. The summed E-state index contributed by atoms with van der Waals surface area (Å²) in [5, 5.41) is 5.05. The molecule has 1 heterocycles. The number of esters is 1. The Labute approximate surface area is 151 Å². The first-order chi connectivity index (χ1) is 12.5. The summed E-state index contributed by atoms with van der Waals surface area (Å²) in [7, 11) is 1.39. The monoisotopic (exact) mass is 355 g/mol. The second kappa shape index (κ2) is 7.51. The highest BCUT2D eigenvalue weighted by atomic mass is 16.5. The number of carbonyl (C=O) groups excluding carboxylic acids is 3. The highest BCUT2D eigenvalue weighted by Gasteiger charge is 2.26. The maximum absolute atomic E-state index is 12.8. The lowest BCUT2D eigenvalue weighted by atomic mass is 9.84. The van der Waals surface area contributed by atoms with Crippen molar-refractivity contribution in [3.63, 3.8) is 0 Å². The molecule has 0 saturated heterocycles. The van der Waals surface area contributed by atoms with Crippen LogP contribution in [0.2, 0.25) is 0 Å². The summed E-state index contributed by atoms with van der Waals surface area (Å²) < 4.78 is 5.19. The Kier molecular flexibility index (Phi) is 5.16. The Hall–Kier alpha value is -2.96. The summed E-state index contributed by atoms with van der Waals surface area (Å²) in [5.74, 6) is -0.798. The fraction of sp³-hybridized carbons (Fsp3) is 0.368. The molecular formula is C19H21N3O4. The number of aromatic nitrogens is 1. The maximum atomic E-state index is 12.8. The molecule has 1 atom stereocenters. The maximum Gasteiger partial charge on any atom is 0.339 e. The zero-order valence-corrected chi connectivity index (χ0v) is 14.8. The molecule has 7 heteroatoms. The second-order valence-corrected chi connectivity index (χ2v) is 6.48. The van der Waals surface area contributed by atoms with Crippen LogP contribution >= 0.6 is 0 Å². The van der Waals surface area contributed by atoms with Crippen LogP contribution in [0.1, 0.15) is 35.0 Å². The Morgan fingerprint density at radius 2 is 2.04 bits per heavy atom. The summed E-state index contributed by atoms with van der Waals surface area (Å²) >= 11 is 0. The van der Waals surface area contributed by atoms with Crippen LogP contribution in [0, 0.1) is 5.92 Å². The molecular weight excluding hydrogens is 334 g/mol. The fourth-order valence-corrected chi connectivity index (χ4v) is 3.22. The molecule has 1 aromatic heterocycles. The van der Waals surface area contributed by atoms with Gasteiger partial charge in [0.15, 0.2) is 6.61 Å². The Bertz CT molecular complexity index is 878. The molecule has 3 rings (SSSR count). The average molecular weight is 355 g/mol. The lowest BCUT2D eigenvalue weighted by molar-refractivity contribution is -0.123. The van der Waals surface area contributed by atoms with Gasteiger partial charge in [0.05, 0.1) is 11.1 Å². The van der Waals surface area contributed by atoms with E-state index >= 15 is 0 Å². The van der Waals surface area contributed by atoms with Gasteiger partial charge in [-0.1, -0.05) is 25.1 Å². The Morgan fingerprint density at radius 1 is 1.27 bits per heavy atom. The number of fused-ring (bicyclic) bond motifs is 2. The van der Waals surface area contributed by atoms with Gasteiger partial charge in [-0.05, 0) is 36.8 Å². The number of nitrogens with one attached hydrogen (secondary N) is 2.